The molecule has 2 rings (SSSR count). The molecule has 0 aromatic heterocycles. The molecule has 0 saturated carbocycles. The lowest BCUT2D eigenvalue weighted by atomic mass is 9.88. The van der Waals surface area contributed by atoms with Crippen LogP contribution in [0.1, 0.15) is 43.7 Å². The Morgan fingerprint density at radius 2 is 1.46 bits per heavy atom. The molecule has 0 aliphatic carbocycles. The summed E-state index contributed by atoms with van der Waals surface area (Å²) in [4.78, 5) is 26.2. The third-order valence-electron chi connectivity index (χ3n) is 4.41. The lowest BCUT2D eigenvalue weighted by molar-refractivity contribution is -0.144. The molecule has 0 atom stereocenters. The quantitative estimate of drug-likeness (QED) is 0.640. The van der Waals surface area contributed by atoms with Gasteiger partial charge in [-0.15, -0.1) is 0 Å². The Hall–Kier alpha value is -2.62. The molecule has 0 heterocycles. The Balaban J connectivity index is 2.11. The van der Waals surface area contributed by atoms with Crippen molar-refractivity contribution >= 4 is 11.9 Å². The van der Waals surface area contributed by atoms with Gasteiger partial charge in [-0.25, -0.2) is 0 Å². The van der Waals surface area contributed by atoms with Gasteiger partial charge in [-0.3, -0.25) is 9.59 Å². The number of amides is 1. The summed E-state index contributed by atoms with van der Waals surface area (Å²) in [6.07, 6.45) is 0.611. The maximum Gasteiger partial charge on any atom is 0.307 e. The predicted molar refractivity (Wildman–Crippen MR) is 103 cm³/mol. The number of rotatable bonds is 9. The number of hydrogen-bond acceptors (Lipinski definition) is 3. The van der Waals surface area contributed by atoms with Crippen LogP contribution in [-0.2, 0) is 14.3 Å². The molecule has 0 saturated heterocycles. The van der Waals surface area contributed by atoms with E-state index in [1.165, 1.54) is 0 Å². The molecule has 138 valence electrons. The molecule has 1 amide bonds. The van der Waals surface area contributed by atoms with Crippen LogP contribution in [0.15, 0.2) is 60.7 Å². The summed E-state index contributed by atoms with van der Waals surface area (Å²) in [6, 6.07) is 20.2. The average molecular weight is 353 g/mol. The highest BCUT2D eigenvalue weighted by Crippen LogP contribution is 2.28. The van der Waals surface area contributed by atoms with Crippen LogP contribution in [0.2, 0.25) is 0 Å². The van der Waals surface area contributed by atoms with Crippen LogP contribution in [-0.4, -0.2) is 36.5 Å². The number of ether oxygens (including phenoxy) is 1. The highest BCUT2D eigenvalue weighted by atomic mass is 16.5. The smallest absolute Gasteiger partial charge is 0.307 e. The molecule has 4 nitrogen and oxygen atoms in total. The molecule has 0 aliphatic rings. The predicted octanol–water partition coefficient (Wildman–Crippen LogP) is 4.01. The van der Waals surface area contributed by atoms with Gasteiger partial charge in [-0.2, -0.15) is 0 Å². The second kappa shape index (κ2) is 10.4. The molecular weight excluding hydrogens is 326 g/mol. The van der Waals surface area contributed by atoms with Crippen molar-refractivity contribution in [2.45, 2.75) is 32.6 Å². The van der Waals surface area contributed by atoms with Crippen LogP contribution >= 0.6 is 0 Å². The van der Waals surface area contributed by atoms with E-state index in [0.29, 0.717) is 26.1 Å². The minimum atomic E-state index is -0.263. The van der Waals surface area contributed by atoms with Crippen LogP contribution in [0.5, 0.6) is 0 Å². The van der Waals surface area contributed by atoms with E-state index >= 15 is 0 Å². The van der Waals surface area contributed by atoms with Gasteiger partial charge in [0.15, 0.2) is 0 Å². The highest BCUT2D eigenvalue weighted by Gasteiger charge is 2.21. The molecule has 26 heavy (non-hydrogen) atoms. The third kappa shape index (κ3) is 5.73. The van der Waals surface area contributed by atoms with Crippen LogP contribution < -0.4 is 0 Å². The largest absolute Gasteiger partial charge is 0.466 e. The zero-order chi connectivity index (χ0) is 18.8. The van der Waals surface area contributed by atoms with Crippen molar-refractivity contribution in [1.29, 1.82) is 0 Å². The van der Waals surface area contributed by atoms with Gasteiger partial charge in [0.2, 0.25) is 5.91 Å². The zero-order valence-electron chi connectivity index (χ0n) is 15.6. The Kier molecular flexibility index (Phi) is 7.87. The molecule has 2 aromatic rings. The van der Waals surface area contributed by atoms with E-state index in [0.717, 1.165) is 11.1 Å². The molecule has 2 aromatic carbocycles. The number of esters is 1. The third-order valence-corrected chi connectivity index (χ3v) is 4.41. The van der Waals surface area contributed by atoms with E-state index in [1.54, 1.807) is 11.8 Å². The summed E-state index contributed by atoms with van der Waals surface area (Å²) < 4.78 is 4.96. The Morgan fingerprint density at radius 1 is 0.923 bits per heavy atom. The maximum absolute atomic E-state index is 12.9. The second-order valence-electron chi connectivity index (χ2n) is 6.11. The summed E-state index contributed by atoms with van der Waals surface area (Å²) in [6.45, 7) is 5.05. The average Bonchev–Trinajstić information content (AvgIpc) is 2.68. The molecule has 0 aliphatic heterocycles. The van der Waals surface area contributed by atoms with E-state index in [-0.39, 0.29) is 24.2 Å². The molecule has 0 N–H and O–H groups in total. The van der Waals surface area contributed by atoms with Crippen molar-refractivity contribution in [2.75, 3.05) is 19.7 Å². The van der Waals surface area contributed by atoms with Crippen molar-refractivity contribution < 1.29 is 14.3 Å². The lowest BCUT2D eigenvalue weighted by Gasteiger charge is -2.24. The molecule has 4 heteroatoms. The van der Waals surface area contributed by atoms with Crippen LogP contribution in [0.4, 0.5) is 0 Å². The first-order valence-corrected chi connectivity index (χ1v) is 9.19. The monoisotopic (exact) mass is 353 g/mol. The molecule has 0 unspecified atom stereocenters. The Labute approximate surface area is 155 Å². The SMILES string of the molecule is CCOC(=O)CCN(CC)C(=O)CC(c1ccccc1)c1ccccc1. The maximum atomic E-state index is 12.9. The van der Waals surface area contributed by atoms with E-state index in [9.17, 15) is 9.59 Å². The standard InChI is InChI=1S/C22H27NO3/c1-3-23(16-15-22(25)26-4-2)21(24)17-20(18-11-7-5-8-12-18)19-13-9-6-10-14-19/h5-14,20H,3-4,15-17H2,1-2H3. The number of nitrogens with zero attached hydrogens (tertiary/aromatic N) is 1. The Morgan fingerprint density at radius 3 is 1.92 bits per heavy atom. The van der Waals surface area contributed by atoms with Crippen molar-refractivity contribution in [2.24, 2.45) is 0 Å². The summed E-state index contributed by atoms with van der Waals surface area (Å²) in [5, 5.41) is 0. The van der Waals surface area contributed by atoms with Gasteiger partial charge in [0, 0.05) is 25.4 Å². The lowest BCUT2D eigenvalue weighted by Crippen LogP contribution is -2.34. The van der Waals surface area contributed by atoms with Gasteiger partial charge in [0.05, 0.1) is 13.0 Å². The molecular formula is C22H27NO3. The van der Waals surface area contributed by atoms with Crippen molar-refractivity contribution in [3.8, 4) is 0 Å². The fourth-order valence-electron chi connectivity index (χ4n) is 3.02. The summed E-state index contributed by atoms with van der Waals surface area (Å²) >= 11 is 0. The van der Waals surface area contributed by atoms with Crippen molar-refractivity contribution in [3.63, 3.8) is 0 Å². The number of carbonyl (C=O) groups excluding carboxylic acids is 2. The van der Waals surface area contributed by atoms with E-state index in [1.807, 2.05) is 43.3 Å². The van der Waals surface area contributed by atoms with Gasteiger partial charge in [0.25, 0.3) is 0 Å². The fourth-order valence-corrected chi connectivity index (χ4v) is 3.02. The molecule has 0 spiro atoms. The van der Waals surface area contributed by atoms with Crippen LogP contribution in [0, 0.1) is 0 Å². The van der Waals surface area contributed by atoms with Crippen LogP contribution in [0.3, 0.4) is 0 Å². The topological polar surface area (TPSA) is 46.6 Å². The second-order valence-corrected chi connectivity index (χ2v) is 6.11. The van der Waals surface area contributed by atoms with Crippen molar-refractivity contribution in [1.82, 2.24) is 4.90 Å². The molecule has 0 radical (unpaired) electrons. The first kappa shape index (κ1) is 19.7. The first-order chi connectivity index (χ1) is 12.7. The normalized spacial score (nSPS) is 10.6. The molecule has 0 bridgehead atoms. The van der Waals surface area contributed by atoms with Gasteiger partial charge in [0.1, 0.15) is 0 Å². The Bertz CT molecular complexity index is 646. The summed E-state index contributed by atoms with van der Waals surface area (Å²) in [5.74, 6) is -0.211. The summed E-state index contributed by atoms with van der Waals surface area (Å²) in [5.41, 5.74) is 2.24. The first-order valence-electron chi connectivity index (χ1n) is 9.19. The van der Waals surface area contributed by atoms with Gasteiger partial charge in [-0.05, 0) is 25.0 Å². The molecule has 0 fully saturated rings. The fraction of sp³-hybridized carbons (Fsp3) is 0.364. The highest BCUT2D eigenvalue weighted by molar-refractivity contribution is 5.78. The minimum Gasteiger partial charge on any atom is -0.466 e. The minimum absolute atomic E-state index is 0.00143. The number of carbonyl (C=O) groups is 2. The van der Waals surface area contributed by atoms with Gasteiger partial charge >= 0.3 is 5.97 Å². The van der Waals surface area contributed by atoms with Crippen molar-refractivity contribution in [3.05, 3.63) is 71.8 Å². The van der Waals surface area contributed by atoms with Crippen LogP contribution in [0.25, 0.3) is 0 Å². The van der Waals surface area contributed by atoms with E-state index < -0.39 is 0 Å². The van der Waals surface area contributed by atoms with E-state index in [4.69, 9.17) is 4.74 Å². The summed E-state index contributed by atoms with van der Waals surface area (Å²) in [7, 11) is 0. The van der Waals surface area contributed by atoms with Gasteiger partial charge in [-0.1, -0.05) is 60.7 Å². The zero-order valence-corrected chi connectivity index (χ0v) is 15.6. The number of benzene rings is 2. The van der Waals surface area contributed by atoms with Gasteiger partial charge < -0.3 is 9.64 Å². The van der Waals surface area contributed by atoms with E-state index in [2.05, 4.69) is 24.3 Å². The number of hydrogen-bond donors (Lipinski definition) is 0.